The van der Waals surface area contributed by atoms with E-state index in [1.165, 1.54) is 30.3 Å². The lowest BCUT2D eigenvalue weighted by atomic mass is 9.92. The highest BCUT2D eigenvalue weighted by molar-refractivity contribution is 7.92. The molecule has 1 atom stereocenters. The van der Waals surface area contributed by atoms with Gasteiger partial charge in [0.2, 0.25) is 10.0 Å². The molecule has 7 nitrogen and oxygen atoms in total. The highest BCUT2D eigenvalue weighted by Gasteiger charge is 2.30. The second-order valence-electron chi connectivity index (χ2n) is 10.6. The van der Waals surface area contributed by atoms with Gasteiger partial charge in [0.1, 0.15) is 5.82 Å². The minimum Gasteiger partial charge on any atom is -0.478 e. The quantitative estimate of drug-likeness (QED) is 0.183. The Labute approximate surface area is 273 Å². The average molecular weight is 689 g/mol. The van der Waals surface area contributed by atoms with Crippen molar-refractivity contribution in [3.05, 3.63) is 129 Å². The SMILES string of the molecule is CS(=O)(=O)Nc1cc(C(=O)O)ccc1Cn1cc(-c2ccc(Cl)cc2Cl)nc1/C=C/C1C=CC(c2ccc(C(F)(F)F)cc2)=CC1. The average Bonchev–Trinajstić information content (AvgIpc) is 3.38. The molecule has 46 heavy (non-hydrogen) atoms. The van der Waals surface area contributed by atoms with E-state index < -0.39 is 27.7 Å². The fourth-order valence-electron chi connectivity index (χ4n) is 4.90. The Kier molecular flexibility index (Phi) is 9.48. The molecule has 238 valence electrons. The van der Waals surface area contributed by atoms with Crippen LogP contribution in [0.3, 0.4) is 0 Å². The van der Waals surface area contributed by atoms with Crippen LogP contribution < -0.4 is 4.72 Å². The summed E-state index contributed by atoms with van der Waals surface area (Å²) in [5.41, 5.74) is 2.48. The molecule has 0 aliphatic heterocycles. The first-order chi connectivity index (χ1) is 21.7. The molecular formula is C33H26Cl2F3N3O4S. The van der Waals surface area contributed by atoms with Gasteiger partial charge < -0.3 is 9.67 Å². The summed E-state index contributed by atoms with van der Waals surface area (Å²) in [5, 5.41) is 10.3. The number of sulfonamides is 1. The van der Waals surface area contributed by atoms with Gasteiger partial charge in [-0.3, -0.25) is 4.72 Å². The first kappa shape index (κ1) is 33.1. The lowest BCUT2D eigenvalue weighted by Gasteiger charge is -2.15. The zero-order valence-electron chi connectivity index (χ0n) is 24.1. The molecule has 3 aromatic carbocycles. The topological polar surface area (TPSA) is 101 Å². The van der Waals surface area contributed by atoms with E-state index >= 15 is 0 Å². The summed E-state index contributed by atoms with van der Waals surface area (Å²) < 4.78 is 67.2. The standard InChI is InChI=1S/C33H26Cl2F3N3O4S/c1-46(44,45)40-29-16-23(32(42)43)7-8-24(29)18-41-19-30(27-14-13-26(34)17-28(27)35)39-31(41)15-4-20-2-5-21(6-3-20)22-9-11-25(12-10-22)33(36,37)38/h2,4-17,19-20,40H,3,18H2,1H3,(H,42,43)/b15-4+. The number of carboxylic acids is 1. The number of anilines is 1. The van der Waals surface area contributed by atoms with Gasteiger partial charge in [0, 0.05) is 16.8 Å². The second kappa shape index (κ2) is 13.2. The summed E-state index contributed by atoms with van der Waals surface area (Å²) in [7, 11) is -3.72. The lowest BCUT2D eigenvalue weighted by Crippen LogP contribution is -2.14. The van der Waals surface area contributed by atoms with Gasteiger partial charge in [-0.1, -0.05) is 65.7 Å². The van der Waals surface area contributed by atoms with Gasteiger partial charge in [-0.25, -0.2) is 18.2 Å². The molecule has 5 rings (SSSR count). The zero-order valence-corrected chi connectivity index (χ0v) is 26.4. The number of nitrogens with zero attached hydrogens (tertiary/aromatic N) is 2. The number of benzene rings is 3. The Morgan fingerprint density at radius 2 is 1.85 bits per heavy atom. The van der Waals surface area contributed by atoms with Crippen molar-refractivity contribution in [2.45, 2.75) is 19.1 Å². The number of hydrogen-bond acceptors (Lipinski definition) is 4. The number of imidazole rings is 1. The van der Waals surface area contributed by atoms with Crippen molar-refractivity contribution in [2.24, 2.45) is 5.92 Å². The summed E-state index contributed by atoms with van der Waals surface area (Å²) in [4.78, 5) is 16.3. The van der Waals surface area contributed by atoms with E-state index in [1.807, 2.05) is 30.4 Å². The van der Waals surface area contributed by atoms with Crippen LogP contribution >= 0.6 is 23.2 Å². The van der Waals surface area contributed by atoms with E-state index in [-0.39, 0.29) is 23.7 Å². The lowest BCUT2D eigenvalue weighted by molar-refractivity contribution is -0.137. The number of halogens is 5. The van der Waals surface area contributed by atoms with Crippen molar-refractivity contribution >= 4 is 56.5 Å². The van der Waals surface area contributed by atoms with Gasteiger partial charge in [-0.05, 0) is 77.6 Å². The molecule has 0 radical (unpaired) electrons. The van der Waals surface area contributed by atoms with Crippen molar-refractivity contribution in [3.8, 4) is 11.3 Å². The maximum Gasteiger partial charge on any atom is 0.416 e. The third kappa shape index (κ3) is 8.09. The van der Waals surface area contributed by atoms with Crippen LogP contribution in [0, 0.1) is 5.92 Å². The van der Waals surface area contributed by atoms with Crippen LogP contribution in [0.2, 0.25) is 10.0 Å². The van der Waals surface area contributed by atoms with Crippen LogP contribution in [0.1, 0.15) is 39.3 Å². The Balaban J connectivity index is 1.44. The number of carboxylic acid groups (broad SMARTS) is 1. The molecule has 0 spiro atoms. The Hall–Kier alpha value is -4.32. The van der Waals surface area contributed by atoms with Gasteiger partial charge in [0.25, 0.3) is 0 Å². The van der Waals surface area contributed by atoms with Crippen molar-refractivity contribution in [2.75, 3.05) is 11.0 Å². The Morgan fingerprint density at radius 1 is 1.11 bits per heavy atom. The monoisotopic (exact) mass is 687 g/mol. The van der Waals surface area contributed by atoms with E-state index in [0.717, 1.165) is 24.0 Å². The number of aromatic nitrogens is 2. The van der Waals surface area contributed by atoms with E-state index in [0.29, 0.717) is 44.7 Å². The van der Waals surface area contributed by atoms with Gasteiger partial charge in [-0.15, -0.1) is 0 Å². The fraction of sp³-hybridized carbons (Fsp3) is 0.152. The summed E-state index contributed by atoms with van der Waals surface area (Å²) in [6, 6.07) is 14.2. The molecule has 0 saturated carbocycles. The first-order valence-electron chi connectivity index (χ1n) is 13.8. The van der Waals surface area contributed by atoms with E-state index in [4.69, 9.17) is 28.2 Å². The van der Waals surface area contributed by atoms with E-state index in [1.54, 1.807) is 29.0 Å². The summed E-state index contributed by atoms with van der Waals surface area (Å²) in [6.07, 6.45) is 8.44. The Morgan fingerprint density at radius 3 is 2.46 bits per heavy atom. The molecule has 0 amide bonds. The van der Waals surface area contributed by atoms with Crippen molar-refractivity contribution in [3.63, 3.8) is 0 Å². The van der Waals surface area contributed by atoms with E-state index in [9.17, 15) is 31.5 Å². The molecule has 13 heteroatoms. The summed E-state index contributed by atoms with van der Waals surface area (Å²) in [6.45, 7) is 0.133. The normalized spacial score (nSPS) is 15.3. The predicted molar refractivity (Wildman–Crippen MR) is 174 cm³/mol. The minimum atomic E-state index is -4.40. The van der Waals surface area contributed by atoms with Gasteiger partial charge in [0.05, 0.1) is 40.3 Å². The number of allylic oxidation sites excluding steroid dienone is 5. The molecule has 4 aromatic rings. The van der Waals surface area contributed by atoms with Gasteiger partial charge in [0.15, 0.2) is 0 Å². The van der Waals surface area contributed by atoms with Crippen molar-refractivity contribution in [1.29, 1.82) is 0 Å². The number of alkyl halides is 3. The maximum atomic E-state index is 12.9. The van der Waals surface area contributed by atoms with Crippen molar-refractivity contribution in [1.82, 2.24) is 9.55 Å². The fourth-order valence-corrected chi connectivity index (χ4v) is 5.99. The molecule has 0 bridgehead atoms. The van der Waals surface area contributed by atoms with Crippen LogP contribution in [-0.4, -0.2) is 35.3 Å². The molecule has 0 fully saturated rings. The van der Waals surface area contributed by atoms with Crippen molar-refractivity contribution < 1.29 is 31.5 Å². The maximum absolute atomic E-state index is 12.9. The van der Waals surface area contributed by atoms with Gasteiger partial charge >= 0.3 is 12.1 Å². The third-order valence-electron chi connectivity index (χ3n) is 7.18. The summed E-state index contributed by atoms with van der Waals surface area (Å²) in [5.74, 6) is -0.729. The smallest absolute Gasteiger partial charge is 0.416 e. The number of aromatic carboxylic acids is 1. The molecule has 1 heterocycles. The van der Waals surface area contributed by atoms with Crippen LogP contribution in [0.5, 0.6) is 0 Å². The number of carbonyl (C=O) groups is 1. The molecular weight excluding hydrogens is 662 g/mol. The van der Waals surface area contributed by atoms with Crippen LogP contribution in [-0.2, 0) is 22.7 Å². The molecule has 1 aliphatic rings. The highest BCUT2D eigenvalue weighted by atomic mass is 35.5. The molecule has 2 N–H and O–H groups in total. The number of rotatable bonds is 9. The van der Waals surface area contributed by atoms with Gasteiger partial charge in [-0.2, -0.15) is 13.2 Å². The Bertz CT molecular complexity index is 2000. The van der Waals surface area contributed by atoms with Crippen LogP contribution in [0.15, 0.2) is 91.2 Å². The van der Waals surface area contributed by atoms with Crippen LogP contribution in [0.25, 0.3) is 22.9 Å². The predicted octanol–water partition coefficient (Wildman–Crippen LogP) is 8.67. The highest BCUT2D eigenvalue weighted by Crippen LogP contribution is 2.33. The summed E-state index contributed by atoms with van der Waals surface area (Å²) >= 11 is 12.6. The van der Waals surface area contributed by atoms with E-state index in [2.05, 4.69) is 4.72 Å². The molecule has 1 aromatic heterocycles. The van der Waals surface area contributed by atoms with Crippen LogP contribution in [0.4, 0.5) is 18.9 Å². The second-order valence-corrected chi connectivity index (χ2v) is 13.2. The third-order valence-corrected chi connectivity index (χ3v) is 8.32. The number of hydrogen-bond donors (Lipinski definition) is 2. The largest absolute Gasteiger partial charge is 0.478 e. The molecule has 1 aliphatic carbocycles. The molecule has 0 saturated heterocycles. The minimum absolute atomic E-state index is 0.0387. The first-order valence-corrected chi connectivity index (χ1v) is 16.4. The number of nitrogens with one attached hydrogen (secondary N) is 1. The molecule has 1 unspecified atom stereocenters. The zero-order chi connectivity index (χ0) is 33.2.